The highest BCUT2D eigenvalue weighted by Crippen LogP contribution is 2.27. The second kappa shape index (κ2) is 10.5. The summed E-state index contributed by atoms with van der Waals surface area (Å²) >= 11 is 0. The molecule has 34 heavy (non-hydrogen) atoms. The fraction of sp³-hybridized carbons (Fsp3) is 0.107. The number of rotatable bonds is 8. The highest BCUT2D eigenvalue weighted by atomic mass is 32.2. The lowest BCUT2D eigenvalue weighted by Crippen LogP contribution is -2.26. The van der Waals surface area contributed by atoms with Crippen LogP contribution in [0.25, 0.3) is 0 Å². The molecule has 0 atom stereocenters. The van der Waals surface area contributed by atoms with Crippen LogP contribution in [-0.2, 0) is 21.4 Å². The van der Waals surface area contributed by atoms with Gasteiger partial charge in [0.15, 0.2) is 0 Å². The van der Waals surface area contributed by atoms with Gasteiger partial charge in [-0.2, -0.15) is 4.31 Å². The van der Waals surface area contributed by atoms with Crippen LogP contribution >= 0.6 is 0 Å². The van der Waals surface area contributed by atoms with Gasteiger partial charge in [-0.1, -0.05) is 91.0 Å². The second-order valence-corrected chi connectivity index (χ2v) is 10.1. The summed E-state index contributed by atoms with van der Waals surface area (Å²) in [5.41, 5.74) is 3.21. The molecule has 0 radical (unpaired) electrons. The quantitative estimate of drug-likeness (QED) is 0.381. The minimum absolute atomic E-state index is 0.173. The van der Waals surface area contributed by atoms with Gasteiger partial charge in [0.25, 0.3) is 0 Å². The molecule has 5 nitrogen and oxygen atoms in total. The van der Waals surface area contributed by atoms with Crippen LogP contribution in [0.15, 0.2) is 120 Å². The zero-order valence-corrected chi connectivity index (χ0v) is 19.7. The van der Waals surface area contributed by atoms with Gasteiger partial charge in [0.05, 0.1) is 10.8 Å². The van der Waals surface area contributed by atoms with Crippen molar-refractivity contribution in [3.63, 3.8) is 0 Å². The maximum absolute atomic E-state index is 13.3. The monoisotopic (exact) mass is 470 g/mol. The molecule has 1 N–H and O–H groups in total. The third-order valence-corrected chi connectivity index (χ3v) is 7.42. The first-order valence-corrected chi connectivity index (χ1v) is 12.4. The van der Waals surface area contributed by atoms with Gasteiger partial charge in [-0.3, -0.25) is 4.79 Å². The third-order valence-electron chi connectivity index (χ3n) is 5.61. The maximum atomic E-state index is 13.3. The molecule has 0 aliphatic carbocycles. The molecule has 0 spiro atoms. The molecule has 4 aromatic rings. The number of carbonyl (C=O) groups excluding carboxylic acids is 1. The summed E-state index contributed by atoms with van der Waals surface area (Å²) in [5.74, 6) is -0.669. The Hall–Kier alpha value is -3.74. The minimum Gasteiger partial charge on any atom is -0.325 e. The summed E-state index contributed by atoms with van der Waals surface area (Å²) in [6, 6.07) is 34.9. The lowest BCUT2D eigenvalue weighted by Gasteiger charge is -2.19. The van der Waals surface area contributed by atoms with Gasteiger partial charge >= 0.3 is 0 Å². The lowest BCUT2D eigenvalue weighted by atomic mass is 9.90. The Balaban J connectivity index is 1.51. The predicted molar refractivity (Wildman–Crippen MR) is 135 cm³/mol. The van der Waals surface area contributed by atoms with Gasteiger partial charge in [-0.15, -0.1) is 0 Å². The average molecular weight is 471 g/mol. The molecule has 1 amide bonds. The number of amides is 1. The fourth-order valence-corrected chi connectivity index (χ4v) is 4.98. The van der Waals surface area contributed by atoms with Crippen molar-refractivity contribution in [2.75, 3.05) is 12.4 Å². The van der Waals surface area contributed by atoms with Crippen LogP contribution < -0.4 is 5.32 Å². The smallest absolute Gasteiger partial charge is 0.243 e. The molecule has 0 saturated carbocycles. The number of hydrogen-bond donors (Lipinski definition) is 1. The van der Waals surface area contributed by atoms with Crippen LogP contribution in [0.5, 0.6) is 0 Å². The number of benzene rings is 4. The molecule has 0 aliphatic rings. The van der Waals surface area contributed by atoms with E-state index in [2.05, 4.69) is 5.32 Å². The molecule has 6 heteroatoms. The first-order chi connectivity index (χ1) is 16.4. The van der Waals surface area contributed by atoms with Crippen molar-refractivity contribution in [2.24, 2.45) is 0 Å². The van der Waals surface area contributed by atoms with Crippen LogP contribution in [0, 0.1) is 0 Å². The molecule has 0 fully saturated rings. The first-order valence-electron chi connectivity index (χ1n) is 11.0. The van der Waals surface area contributed by atoms with Crippen molar-refractivity contribution >= 4 is 21.6 Å². The number of anilines is 1. The Bertz CT molecular complexity index is 1290. The molecule has 0 aromatic heterocycles. The normalized spacial score (nSPS) is 11.5. The molecule has 0 aliphatic heterocycles. The third kappa shape index (κ3) is 5.42. The minimum atomic E-state index is -3.66. The van der Waals surface area contributed by atoms with Crippen molar-refractivity contribution < 1.29 is 13.2 Å². The van der Waals surface area contributed by atoms with Gasteiger partial charge in [0.1, 0.15) is 0 Å². The molecule has 0 unspecified atom stereocenters. The standard InChI is InChI=1S/C28H26N2O3S/c1-30(21-22-11-5-2-6-12-22)34(32,33)26-19-17-25(18-20-26)29-28(31)27(23-13-7-3-8-14-23)24-15-9-4-10-16-24/h2-20,27H,21H2,1H3,(H,29,31). The summed E-state index contributed by atoms with van der Waals surface area (Å²) < 4.78 is 27.3. The lowest BCUT2D eigenvalue weighted by molar-refractivity contribution is -0.116. The molecule has 4 rings (SSSR count). The van der Waals surface area contributed by atoms with Crippen LogP contribution in [0.4, 0.5) is 5.69 Å². The molecular formula is C28H26N2O3S. The highest BCUT2D eigenvalue weighted by Gasteiger charge is 2.24. The Morgan fingerprint density at radius 2 is 1.21 bits per heavy atom. The van der Waals surface area contributed by atoms with Gasteiger partial charge in [-0.25, -0.2) is 8.42 Å². The number of nitrogens with one attached hydrogen (secondary N) is 1. The van der Waals surface area contributed by atoms with Gasteiger partial charge in [0, 0.05) is 19.3 Å². The summed E-state index contributed by atoms with van der Waals surface area (Å²) in [5, 5.41) is 2.94. The maximum Gasteiger partial charge on any atom is 0.243 e. The largest absolute Gasteiger partial charge is 0.325 e. The summed E-state index contributed by atoms with van der Waals surface area (Å²) in [4.78, 5) is 13.4. The number of carbonyl (C=O) groups is 1. The number of nitrogens with zero attached hydrogens (tertiary/aromatic N) is 1. The Morgan fingerprint density at radius 1 is 0.735 bits per heavy atom. The summed E-state index contributed by atoms with van der Waals surface area (Å²) in [7, 11) is -2.11. The van der Waals surface area contributed by atoms with Crippen molar-refractivity contribution in [3.8, 4) is 0 Å². The van der Waals surface area contributed by atoms with E-state index >= 15 is 0 Å². The second-order valence-electron chi connectivity index (χ2n) is 8.01. The van der Waals surface area contributed by atoms with Crippen molar-refractivity contribution in [1.82, 2.24) is 4.31 Å². The van der Waals surface area contributed by atoms with Crippen molar-refractivity contribution in [2.45, 2.75) is 17.4 Å². The molecule has 4 aromatic carbocycles. The van der Waals surface area contributed by atoms with Crippen LogP contribution in [-0.4, -0.2) is 25.7 Å². The van der Waals surface area contributed by atoms with Crippen molar-refractivity contribution in [1.29, 1.82) is 0 Å². The fourth-order valence-electron chi connectivity index (χ4n) is 3.82. The van der Waals surface area contributed by atoms with Gasteiger partial charge < -0.3 is 5.32 Å². The highest BCUT2D eigenvalue weighted by molar-refractivity contribution is 7.89. The number of hydrogen-bond acceptors (Lipinski definition) is 3. The van der Waals surface area contributed by atoms with E-state index in [1.165, 1.54) is 16.4 Å². The van der Waals surface area contributed by atoms with Crippen molar-refractivity contribution in [3.05, 3.63) is 132 Å². The van der Waals surface area contributed by atoms with E-state index in [1.807, 2.05) is 91.0 Å². The average Bonchev–Trinajstić information content (AvgIpc) is 2.86. The van der Waals surface area contributed by atoms with E-state index in [9.17, 15) is 13.2 Å². The zero-order valence-electron chi connectivity index (χ0n) is 18.8. The van der Waals surface area contributed by atoms with E-state index in [0.29, 0.717) is 5.69 Å². The molecular weight excluding hydrogens is 444 g/mol. The van der Waals surface area contributed by atoms with Crippen LogP contribution in [0.3, 0.4) is 0 Å². The summed E-state index contributed by atoms with van der Waals surface area (Å²) in [6.07, 6.45) is 0. The molecule has 0 saturated heterocycles. The van der Waals surface area contributed by atoms with Gasteiger partial charge in [0.2, 0.25) is 15.9 Å². The Morgan fingerprint density at radius 3 is 1.71 bits per heavy atom. The van der Waals surface area contributed by atoms with E-state index in [1.54, 1.807) is 19.2 Å². The van der Waals surface area contributed by atoms with Crippen LogP contribution in [0.1, 0.15) is 22.6 Å². The Labute approximate surface area is 200 Å². The van der Waals surface area contributed by atoms with E-state index in [0.717, 1.165) is 16.7 Å². The first kappa shape index (κ1) is 23.4. The number of sulfonamides is 1. The predicted octanol–water partition coefficient (Wildman–Crippen LogP) is 5.28. The van der Waals surface area contributed by atoms with E-state index < -0.39 is 15.9 Å². The van der Waals surface area contributed by atoms with Crippen LogP contribution in [0.2, 0.25) is 0 Å². The Kier molecular flexibility index (Phi) is 7.21. The van der Waals surface area contributed by atoms with Gasteiger partial charge in [-0.05, 0) is 41.0 Å². The molecule has 0 heterocycles. The molecule has 0 bridgehead atoms. The van der Waals surface area contributed by atoms with E-state index in [4.69, 9.17) is 0 Å². The zero-order chi connectivity index (χ0) is 24.0. The topological polar surface area (TPSA) is 66.5 Å². The SMILES string of the molecule is CN(Cc1ccccc1)S(=O)(=O)c1ccc(NC(=O)C(c2ccccc2)c2ccccc2)cc1. The summed E-state index contributed by atoms with van der Waals surface area (Å²) in [6.45, 7) is 0.275. The molecule has 172 valence electrons. The van der Waals surface area contributed by atoms with E-state index in [-0.39, 0.29) is 17.3 Å².